The lowest BCUT2D eigenvalue weighted by Crippen LogP contribution is -2.10. The van der Waals surface area contributed by atoms with Crippen LogP contribution in [0, 0.1) is 13.8 Å². The van der Waals surface area contributed by atoms with Crippen molar-refractivity contribution in [3.8, 4) is 33.4 Å². The molecule has 7 aromatic rings. The Morgan fingerprint density at radius 1 is 0.455 bits per heavy atom. The molecule has 55 heavy (non-hydrogen) atoms. The number of aliphatic imine (C=N–C) groups is 2. The molecule has 0 aliphatic heterocycles. The van der Waals surface area contributed by atoms with E-state index >= 15 is 0 Å². The van der Waals surface area contributed by atoms with Crippen LogP contribution in [-0.4, -0.2) is 12.4 Å². The Morgan fingerprint density at radius 2 is 0.964 bits per heavy atom. The van der Waals surface area contributed by atoms with E-state index in [0.717, 1.165) is 51.2 Å². The normalized spacial score (nSPS) is 11.4. The first-order valence-corrected chi connectivity index (χ1v) is 19.7. The van der Waals surface area contributed by atoms with Crippen LogP contribution in [0.15, 0.2) is 180 Å². The monoisotopic (exact) mass is 714 g/mol. The van der Waals surface area contributed by atoms with E-state index in [1.165, 1.54) is 71.0 Å². The number of hydrogen-bond donors (Lipinski definition) is 0. The SMILES string of the molecule is C=Nc1c(C(=NCc2cccc(-c3cccc(CCCCCCc4ccccc4)c3)c2)c2c(C)cccc2C)cc(-c2ccccc2)cc1-c1ccccc1. The van der Waals surface area contributed by atoms with E-state index in [4.69, 9.17) is 9.98 Å². The number of aryl methyl sites for hydroxylation is 4. The van der Waals surface area contributed by atoms with Gasteiger partial charge in [0.2, 0.25) is 0 Å². The van der Waals surface area contributed by atoms with E-state index in [1.807, 2.05) is 0 Å². The molecule has 0 radical (unpaired) electrons. The second-order valence-electron chi connectivity index (χ2n) is 14.5. The molecule has 272 valence electrons. The van der Waals surface area contributed by atoms with Crippen LogP contribution in [-0.2, 0) is 19.4 Å². The van der Waals surface area contributed by atoms with E-state index in [9.17, 15) is 0 Å². The summed E-state index contributed by atoms with van der Waals surface area (Å²) in [6, 6.07) is 60.8. The van der Waals surface area contributed by atoms with Crippen molar-refractivity contribution >= 4 is 18.1 Å². The molecule has 0 saturated carbocycles. The number of nitrogens with zero attached hydrogens (tertiary/aromatic N) is 2. The van der Waals surface area contributed by atoms with Crippen molar-refractivity contribution in [2.24, 2.45) is 9.98 Å². The van der Waals surface area contributed by atoms with Gasteiger partial charge in [-0.1, -0.05) is 165 Å². The molecule has 0 unspecified atom stereocenters. The van der Waals surface area contributed by atoms with Gasteiger partial charge in [0.25, 0.3) is 0 Å². The minimum atomic E-state index is 0.534. The first-order chi connectivity index (χ1) is 27.1. The van der Waals surface area contributed by atoms with Gasteiger partial charge in [0.05, 0.1) is 17.9 Å². The summed E-state index contributed by atoms with van der Waals surface area (Å²) in [5.41, 5.74) is 17.2. The first kappa shape index (κ1) is 37.2. The molecular weight excluding hydrogens is 665 g/mol. The van der Waals surface area contributed by atoms with Crippen LogP contribution in [0.5, 0.6) is 0 Å². The number of rotatable bonds is 15. The molecule has 7 rings (SSSR count). The predicted octanol–water partition coefficient (Wildman–Crippen LogP) is 14.0. The van der Waals surface area contributed by atoms with Crippen LogP contribution in [0.4, 0.5) is 5.69 Å². The first-order valence-electron chi connectivity index (χ1n) is 19.7. The highest BCUT2D eigenvalue weighted by Crippen LogP contribution is 2.40. The summed E-state index contributed by atoms with van der Waals surface area (Å²) < 4.78 is 0. The second kappa shape index (κ2) is 18.3. The summed E-state index contributed by atoms with van der Waals surface area (Å²) >= 11 is 0. The van der Waals surface area contributed by atoms with Crippen LogP contribution in [0.3, 0.4) is 0 Å². The van der Waals surface area contributed by atoms with Gasteiger partial charge in [-0.2, -0.15) is 0 Å². The molecule has 2 heteroatoms. The Bertz CT molecular complexity index is 2350. The highest BCUT2D eigenvalue weighted by Gasteiger charge is 2.21. The van der Waals surface area contributed by atoms with E-state index < -0.39 is 0 Å². The average molecular weight is 715 g/mol. The molecule has 0 aromatic heterocycles. The van der Waals surface area contributed by atoms with Gasteiger partial charge in [-0.25, -0.2) is 0 Å². The topological polar surface area (TPSA) is 24.7 Å². The lowest BCUT2D eigenvalue weighted by atomic mass is 9.88. The Morgan fingerprint density at radius 3 is 1.60 bits per heavy atom. The summed E-state index contributed by atoms with van der Waals surface area (Å²) in [5, 5.41) is 0. The Balaban J connectivity index is 1.19. The number of hydrogen-bond acceptors (Lipinski definition) is 2. The number of benzene rings is 7. The maximum atomic E-state index is 5.50. The fourth-order valence-corrected chi connectivity index (χ4v) is 7.69. The molecule has 0 bridgehead atoms. The average Bonchev–Trinajstić information content (AvgIpc) is 3.24. The molecule has 2 nitrogen and oxygen atoms in total. The van der Waals surface area contributed by atoms with Gasteiger partial charge in [0.1, 0.15) is 0 Å². The third-order valence-corrected chi connectivity index (χ3v) is 10.6. The molecule has 0 fully saturated rings. The smallest absolute Gasteiger partial charge is 0.0795 e. The van der Waals surface area contributed by atoms with Gasteiger partial charge in [0.15, 0.2) is 0 Å². The van der Waals surface area contributed by atoms with E-state index in [1.54, 1.807) is 0 Å². The summed E-state index contributed by atoms with van der Waals surface area (Å²) in [6.07, 6.45) is 7.28. The predicted molar refractivity (Wildman–Crippen MR) is 236 cm³/mol. The van der Waals surface area contributed by atoms with Gasteiger partial charge >= 0.3 is 0 Å². The van der Waals surface area contributed by atoms with E-state index in [-0.39, 0.29) is 0 Å². The molecule has 0 atom stereocenters. The van der Waals surface area contributed by atoms with Crippen molar-refractivity contribution in [2.75, 3.05) is 0 Å². The largest absolute Gasteiger partial charge is 0.279 e. The molecule has 7 aromatic carbocycles. The van der Waals surface area contributed by atoms with Crippen molar-refractivity contribution in [3.63, 3.8) is 0 Å². The molecule has 0 saturated heterocycles. The maximum absolute atomic E-state index is 5.50. The molecular formula is C53H50N2. The second-order valence-corrected chi connectivity index (χ2v) is 14.5. The Hall–Kier alpha value is -6.12. The van der Waals surface area contributed by atoms with Gasteiger partial charge in [-0.15, -0.1) is 0 Å². The minimum absolute atomic E-state index is 0.534. The molecule has 0 spiro atoms. The zero-order valence-electron chi connectivity index (χ0n) is 32.2. The lowest BCUT2D eigenvalue weighted by molar-refractivity contribution is 0.640. The third-order valence-electron chi connectivity index (χ3n) is 10.6. The lowest BCUT2D eigenvalue weighted by Gasteiger charge is -2.19. The quantitative estimate of drug-likeness (QED) is 0.0746. The molecule has 0 aliphatic carbocycles. The van der Waals surface area contributed by atoms with Crippen LogP contribution in [0.1, 0.15) is 64.6 Å². The van der Waals surface area contributed by atoms with Gasteiger partial charge in [0, 0.05) is 16.7 Å². The van der Waals surface area contributed by atoms with Crippen molar-refractivity contribution in [1.29, 1.82) is 0 Å². The molecule has 0 heterocycles. The summed E-state index contributed by atoms with van der Waals surface area (Å²) in [4.78, 5) is 10.2. The summed E-state index contributed by atoms with van der Waals surface area (Å²) in [5.74, 6) is 0. The van der Waals surface area contributed by atoms with E-state index in [0.29, 0.717) is 6.54 Å². The Labute approximate surface area is 328 Å². The fraction of sp³-hybridized carbons (Fsp3) is 0.170. The van der Waals surface area contributed by atoms with Crippen LogP contribution >= 0.6 is 0 Å². The maximum Gasteiger partial charge on any atom is 0.0795 e. The number of unbranched alkanes of at least 4 members (excludes halogenated alkanes) is 3. The molecule has 0 amide bonds. The zero-order valence-corrected chi connectivity index (χ0v) is 32.2. The zero-order chi connectivity index (χ0) is 37.8. The van der Waals surface area contributed by atoms with Crippen molar-refractivity contribution in [3.05, 3.63) is 209 Å². The molecule has 0 aliphatic rings. The van der Waals surface area contributed by atoms with Gasteiger partial charge in [-0.05, 0) is 120 Å². The fourth-order valence-electron chi connectivity index (χ4n) is 7.69. The van der Waals surface area contributed by atoms with Crippen LogP contribution < -0.4 is 0 Å². The molecule has 0 N–H and O–H groups in total. The summed E-state index contributed by atoms with van der Waals surface area (Å²) in [6.45, 7) is 9.00. The van der Waals surface area contributed by atoms with Crippen LogP contribution in [0.2, 0.25) is 0 Å². The third kappa shape index (κ3) is 9.34. The minimum Gasteiger partial charge on any atom is -0.279 e. The van der Waals surface area contributed by atoms with Crippen LogP contribution in [0.25, 0.3) is 33.4 Å². The standard InChI is InChI=1S/C53H50N2/c1-39-20-17-21-40(2)51(39)53(50-37-48(44-28-13-7-14-29-44)36-49(52(50)54-3)45-30-15-8-16-31-45)55-38-43-27-19-33-47(35-43)46-32-18-26-42(34-46)25-10-5-4-9-22-41-23-11-6-12-24-41/h6-8,11-21,23-24,26-37H,3-5,9-10,22,25,38H2,1-2H3. The highest BCUT2D eigenvalue weighted by atomic mass is 14.8. The Kier molecular flexibility index (Phi) is 12.4. The van der Waals surface area contributed by atoms with Crippen molar-refractivity contribution in [2.45, 2.75) is 58.9 Å². The van der Waals surface area contributed by atoms with Gasteiger partial charge < -0.3 is 0 Å². The van der Waals surface area contributed by atoms with Crippen molar-refractivity contribution < 1.29 is 0 Å². The van der Waals surface area contributed by atoms with Crippen molar-refractivity contribution in [1.82, 2.24) is 0 Å². The van der Waals surface area contributed by atoms with E-state index in [2.05, 4.69) is 190 Å². The van der Waals surface area contributed by atoms with Gasteiger partial charge in [-0.3, -0.25) is 9.98 Å². The highest BCUT2D eigenvalue weighted by molar-refractivity contribution is 6.19. The summed E-state index contributed by atoms with van der Waals surface area (Å²) in [7, 11) is 0.